The maximum Gasteiger partial charge on any atom is 0 e. The predicted molar refractivity (Wildman–Crippen MR) is 78.4 cm³/mol. The minimum atomic E-state index is 0. The summed E-state index contributed by atoms with van der Waals surface area (Å²) in [4.78, 5) is 1.90. The summed E-state index contributed by atoms with van der Waals surface area (Å²) in [5.74, 6) is 0. The zero-order valence-electron chi connectivity index (χ0n) is 12.2. The van der Waals surface area contributed by atoms with Crippen LogP contribution in [0.25, 0.3) is 0 Å². The van der Waals surface area contributed by atoms with E-state index in [-0.39, 0.29) is 40.1 Å². The van der Waals surface area contributed by atoms with Crippen molar-refractivity contribution in [3.05, 3.63) is 61.5 Å². The fourth-order valence-corrected chi connectivity index (χ4v) is 1.52. The molecule has 0 bridgehead atoms. The summed E-state index contributed by atoms with van der Waals surface area (Å²) < 4.78 is 10.3. The molecule has 0 aliphatic heterocycles. The van der Waals surface area contributed by atoms with Gasteiger partial charge in [-0.25, -0.2) is 0 Å². The van der Waals surface area contributed by atoms with E-state index >= 15 is 0 Å². The van der Waals surface area contributed by atoms with Gasteiger partial charge in [-0.1, -0.05) is 0 Å². The number of allylic oxidation sites excluding steroid dienone is 2. The Morgan fingerprint density at radius 2 is 1.84 bits per heavy atom. The van der Waals surface area contributed by atoms with Gasteiger partial charge >= 0.3 is 104 Å². The van der Waals surface area contributed by atoms with Crippen LogP contribution >= 0.6 is 0 Å². The van der Waals surface area contributed by atoms with Crippen molar-refractivity contribution in [2.24, 2.45) is 0 Å². The molecular formula is C15H22BNOY-2. The SMILES string of the molecule is CC=CCc1ccc(C[CH-]N(C)CB=O)cc1.[CH3-].[Y]. The molecule has 1 rings (SSSR count). The molecule has 0 aromatic heterocycles. The molecule has 0 atom stereocenters. The van der Waals surface area contributed by atoms with E-state index in [4.69, 9.17) is 0 Å². The number of hydrogen-bond acceptors (Lipinski definition) is 2. The summed E-state index contributed by atoms with van der Waals surface area (Å²) >= 11 is 0. The molecule has 0 unspecified atom stereocenters. The minimum Gasteiger partial charge on any atom is -0.358 e. The quantitative estimate of drug-likeness (QED) is 0.435. The van der Waals surface area contributed by atoms with Gasteiger partial charge in [-0.15, -0.1) is 0 Å². The molecule has 0 heterocycles. The fourth-order valence-electron chi connectivity index (χ4n) is 1.52. The zero-order valence-corrected chi connectivity index (χ0v) is 15.0. The van der Waals surface area contributed by atoms with Crippen LogP contribution in [-0.4, -0.2) is 25.5 Å². The van der Waals surface area contributed by atoms with Gasteiger partial charge in [0.25, 0.3) is 0 Å². The van der Waals surface area contributed by atoms with E-state index in [9.17, 15) is 4.70 Å². The van der Waals surface area contributed by atoms with Gasteiger partial charge in [0.2, 0.25) is 0 Å². The Balaban J connectivity index is 0. The Labute approximate surface area is 143 Å². The third-order valence-corrected chi connectivity index (χ3v) is 2.61. The molecule has 4 heteroatoms. The fraction of sp³-hybridized carbons (Fsp3) is 0.333. The summed E-state index contributed by atoms with van der Waals surface area (Å²) in [7, 11) is 2.82. The van der Waals surface area contributed by atoms with E-state index in [0.717, 1.165) is 20.0 Å². The van der Waals surface area contributed by atoms with Gasteiger partial charge in [0.1, 0.15) is 0 Å². The van der Waals surface area contributed by atoms with Crippen LogP contribution < -0.4 is 0 Å². The second-order valence-electron chi connectivity index (χ2n) is 4.08. The molecule has 1 aromatic carbocycles. The van der Waals surface area contributed by atoms with Crippen LogP contribution in [0.4, 0.5) is 0 Å². The molecule has 2 nitrogen and oxygen atoms in total. The van der Waals surface area contributed by atoms with Gasteiger partial charge in [0.05, 0.1) is 0 Å². The van der Waals surface area contributed by atoms with Crippen molar-refractivity contribution in [1.82, 2.24) is 4.90 Å². The van der Waals surface area contributed by atoms with Gasteiger partial charge < -0.3 is 7.43 Å². The molecule has 1 aromatic rings. The van der Waals surface area contributed by atoms with Crippen molar-refractivity contribution in [1.29, 1.82) is 0 Å². The first-order valence-electron chi connectivity index (χ1n) is 5.92. The number of rotatable bonds is 7. The predicted octanol–water partition coefficient (Wildman–Crippen LogP) is 2.90. The Morgan fingerprint density at radius 3 is 2.37 bits per heavy atom. The van der Waals surface area contributed by atoms with E-state index in [1.165, 1.54) is 11.1 Å². The maximum absolute atomic E-state index is 10.3. The number of likely N-dealkylation sites (N-methyl/N-ethyl adjacent to an activating group) is 1. The van der Waals surface area contributed by atoms with Gasteiger partial charge in [0, 0.05) is 32.7 Å². The second-order valence-corrected chi connectivity index (χ2v) is 4.08. The topological polar surface area (TPSA) is 20.3 Å². The molecule has 0 N–H and O–H groups in total. The van der Waals surface area contributed by atoms with Crippen LogP contribution in [0.2, 0.25) is 0 Å². The summed E-state index contributed by atoms with van der Waals surface area (Å²) in [6, 6.07) is 8.60. The van der Waals surface area contributed by atoms with Crippen molar-refractivity contribution < 1.29 is 37.4 Å². The van der Waals surface area contributed by atoms with Crippen LogP contribution in [0.15, 0.2) is 36.4 Å². The number of nitrogens with zero attached hydrogens (tertiary/aromatic N) is 1. The molecule has 0 saturated carbocycles. The molecule has 0 spiro atoms. The first-order chi connectivity index (χ1) is 8.26. The number of hydrogen-bond donors (Lipinski definition) is 0. The summed E-state index contributed by atoms with van der Waals surface area (Å²) in [6.45, 7) is 4.07. The number of benzene rings is 1. The van der Waals surface area contributed by atoms with E-state index in [2.05, 4.69) is 36.4 Å². The summed E-state index contributed by atoms with van der Waals surface area (Å²) in [6.07, 6.45) is 6.54. The average Bonchev–Trinajstić information content (AvgIpc) is 2.35. The molecule has 19 heavy (non-hydrogen) atoms. The third-order valence-electron chi connectivity index (χ3n) is 2.61. The van der Waals surface area contributed by atoms with E-state index in [1.54, 1.807) is 0 Å². The zero-order chi connectivity index (χ0) is 12.5. The van der Waals surface area contributed by atoms with E-state index in [0.29, 0.717) is 6.44 Å². The molecule has 1 radical (unpaired) electrons. The Kier molecular flexibility index (Phi) is 14.4. The van der Waals surface area contributed by atoms with Crippen molar-refractivity contribution >= 4 is 7.15 Å². The van der Waals surface area contributed by atoms with E-state index < -0.39 is 0 Å². The van der Waals surface area contributed by atoms with Gasteiger partial charge in [0.15, 0.2) is 0 Å². The van der Waals surface area contributed by atoms with Crippen molar-refractivity contribution in [2.45, 2.75) is 19.8 Å². The monoisotopic (exact) mass is 332 g/mol. The maximum atomic E-state index is 10.3. The van der Waals surface area contributed by atoms with Gasteiger partial charge in [-0.2, -0.15) is 0 Å². The largest absolute Gasteiger partial charge is 0.358 e. The van der Waals surface area contributed by atoms with Crippen molar-refractivity contribution in [3.63, 3.8) is 0 Å². The normalized spacial score (nSPS) is 9.84. The van der Waals surface area contributed by atoms with Crippen LogP contribution in [0.3, 0.4) is 0 Å². The Morgan fingerprint density at radius 1 is 1.26 bits per heavy atom. The minimum absolute atomic E-state index is 0. The first kappa shape index (κ1) is 21.2. The molecule has 0 aliphatic rings. The van der Waals surface area contributed by atoms with Crippen LogP contribution in [-0.2, 0) is 50.3 Å². The standard InChI is InChI=1S/C14H19BNO.CH3.Y/c1-3-4-5-13-6-8-14(9-7-13)10-11-16(2)12-15-17;;/h3-4,6-9,11H,5,10,12H2,1-2H3;1H3;/q2*-1;. The summed E-state index contributed by atoms with van der Waals surface area (Å²) in [5, 5.41) is 0. The van der Waals surface area contributed by atoms with Gasteiger partial charge in [-0.3, -0.25) is 0 Å². The van der Waals surface area contributed by atoms with Crippen LogP contribution in [0.1, 0.15) is 18.1 Å². The first-order valence-corrected chi connectivity index (χ1v) is 5.92. The van der Waals surface area contributed by atoms with Gasteiger partial charge in [-0.05, 0) is 0 Å². The Hall–Kier alpha value is -0.111. The smallest absolute Gasteiger partial charge is 0 e. The second kappa shape index (κ2) is 12.9. The molecule has 0 fully saturated rings. The van der Waals surface area contributed by atoms with Crippen LogP contribution in [0.5, 0.6) is 0 Å². The van der Waals surface area contributed by atoms with E-state index in [1.807, 2.05) is 25.4 Å². The average molecular weight is 332 g/mol. The molecule has 101 valence electrons. The summed E-state index contributed by atoms with van der Waals surface area (Å²) in [5.41, 5.74) is 2.60. The molecule has 0 amide bonds. The van der Waals surface area contributed by atoms with Crippen LogP contribution in [0, 0.1) is 14.0 Å². The molecular weight excluding hydrogens is 310 g/mol. The molecule has 0 saturated heterocycles. The van der Waals surface area contributed by atoms with Crippen molar-refractivity contribution in [2.75, 3.05) is 13.5 Å². The molecule has 0 aliphatic carbocycles. The third kappa shape index (κ3) is 9.43. The van der Waals surface area contributed by atoms with Crippen molar-refractivity contribution in [3.8, 4) is 0 Å². The Bertz CT molecular complexity index is 365.